The zero-order valence-electron chi connectivity index (χ0n) is 15.9. The molecule has 1 aliphatic heterocycles. The van der Waals surface area contributed by atoms with Crippen LogP contribution in [0.25, 0.3) is 33.3 Å². The number of anilines is 1. The summed E-state index contributed by atoms with van der Waals surface area (Å²) in [6, 6.07) is 5.37. The quantitative estimate of drug-likeness (QED) is 0.438. The maximum atomic E-state index is 12.7. The number of nitrogens with zero attached hydrogens (tertiary/aromatic N) is 4. The first-order valence-electron chi connectivity index (χ1n) is 9.40. The second-order valence-corrected chi connectivity index (χ2v) is 7.90. The molecule has 5 rings (SSSR count). The smallest absolute Gasteiger partial charge is 0.259 e. The van der Waals surface area contributed by atoms with Crippen LogP contribution in [-0.4, -0.2) is 48.7 Å². The number of imidazole rings is 1. The minimum Gasteiger partial charge on any atom is -0.391 e. The zero-order valence-corrected chi connectivity index (χ0v) is 16.7. The number of halogens is 1. The first kappa shape index (κ1) is 18.1. The third-order valence-corrected chi connectivity index (χ3v) is 5.66. The van der Waals surface area contributed by atoms with Crippen molar-refractivity contribution in [1.29, 1.82) is 0 Å². The Labute approximate surface area is 170 Å². The molecule has 4 aromatic rings. The van der Waals surface area contributed by atoms with Gasteiger partial charge in [0.15, 0.2) is 5.82 Å². The summed E-state index contributed by atoms with van der Waals surface area (Å²) in [7, 11) is 0. The lowest BCUT2D eigenvalue weighted by atomic mass is 10.1. The number of nitrogens with one attached hydrogen (secondary N) is 2. The van der Waals surface area contributed by atoms with Gasteiger partial charge in [-0.15, -0.1) is 0 Å². The number of rotatable bonds is 2. The Bertz CT molecular complexity index is 1310. The monoisotopic (exact) mass is 410 g/mol. The number of aliphatic hydroxyl groups is 1. The summed E-state index contributed by atoms with van der Waals surface area (Å²) in [6.07, 6.45) is 1.90. The fourth-order valence-electron chi connectivity index (χ4n) is 4.04. The number of hydrogen-bond donors (Lipinski definition) is 3. The molecule has 2 atom stereocenters. The van der Waals surface area contributed by atoms with Crippen molar-refractivity contribution in [2.45, 2.75) is 32.4 Å². The van der Waals surface area contributed by atoms with Crippen molar-refractivity contribution in [3.63, 3.8) is 0 Å². The highest BCUT2D eigenvalue weighted by molar-refractivity contribution is 6.30. The molecule has 8 nitrogen and oxygen atoms in total. The average Bonchev–Trinajstić information content (AvgIpc) is 3.23. The minimum atomic E-state index is -0.418. The minimum absolute atomic E-state index is 0.108. The van der Waals surface area contributed by atoms with Crippen molar-refractivity contribution in [3.05, 3.63) is 45.6 Å². The largest absolute Gasteiger partial charge is 0.391 e. The van der Waals surface area contributed by atoms with Crippen LogP contribution < -0.4 is 10.5 Å². The molecule has 0 radical (unpaired) electrons. The Morgan fingerprint density at radius 1 is 1.24 bits per heavy atom. The number of aryl methyl sites for hydroxylation is 1. The molecule has 9 heteroatoms. The molecule has 0 bridgehead atoms. The second kappa shape index (κ2) is 6.53. The van der Waals surface area contributed by atoms with Gasteiger partial charge in [0, 0.05) is 35.9 Å². The second-order valence-electron chi connectivity index (χ2n) is 7.51. The highest BCUT2D eigenvalue weighted by atomic mass is 35.5. The van der Waals surface area contributed by atoms with E-state index in [1.165, 1.54) is 0 Å². The van der Waals surface area contributed by atoms with Crippen LogP contribution in [0.2, 0.25) is 5.15 Å². The van der Waals surface area contributed by atoms with Crippen molar-refractivity contribution >= 4 is 39.4 Å². The predicted octanol–water partition coefficient (Wildman–Crippen LogP) is 2.78. The lowest BCUT2D eigenvalue weighted by molar-refractivity contribution is 0.195. The first-order valence-corrected chi connectivity index (χ1v) is 9.78. The van der Waals surface area contributed by atoms with E-state index in [4.69, 9.17) is 11.6 Å². The molecule has 0 saturated carbocycles. The van der Waals surface area contributed by atoms with Gasteiger partial charge in [0.05, 0.1) is 22.7 Å². The maximum absolute atomic E-state index is 12.7. The predicted molar refractivity (Wildman–Crippen MR) is 112 cm³/mol. The maximum Gasteiger partial charge on any atom is 0.259 e. The van der Waals surface area contributed by atoms with Crippen LogP contribution in [0.15, 0.2) is 29.2 Å². The number of aromatic nitrogens is 5. The summed E-state index contributed by atoms with van der Waals surface area (Å²) in [6.45, 7) is 4.39. The SMILES string of the molecule is Cc1nccc2[nH]c(=O)c(-c3nc4c(N5C[C@H](O)C[C@H]5C)nc(Cl)cc4[nH]3)cc12. The molecule has 0 aromatic carbocycles. The van der Waals surface area contributed by atoms with Crippen LogP contribution in [0.5, 0.6) is 0 Å². The molecular weight excluding hydrogens is 392 g/mol. The van der Waals surface area contributed by atoms with E-state index < -0.39 is 6.10 Å². The summed E-state index contributed by atoms with van der Waals surface area (Å²) in [4.78, 5) is 34.2. The van der Waals surface area contributed by atoms with Crippen LogP contribution in [-0.2, 0) is 0 Å². The molecule has 4 aromatic heterocycles. The van der Waals surface area contributed by atoms with E-state index in [-0.39, 0.29) is 11.6 Å². The molecule has 1 aliphatic rings. The standard InChI is InChI=1S/C20H19ClN6O2/c1-9-5-11(28)8-27(9)19-17-15(7-16(21)25-19)23-18(26-17)13-6-12-10(2)22-4-3-14(12)24-20(13)29/h3-4,6-7,9,11,28H,5,8H2,1-2H3,(H,23,26)(H,24,29)/t9-,11-/m1/s1. The molecule has 29 heavy (non-hydrogen) atoms. The molecule has 0 spiro atoms. The van der Waals surface area contributed by atoms with Crippen molar-refractivity contribution in [3.8, 4) is 11.4 Å². The lowest BCUT2D eigenvalue weighted by Gasteiger charge is -2.22. The van der Waals surface area contributed by atoms with Gasteiger partial charge in [-0.2, -0.15) is 0 Å². The van der Waals surface area contributed by atoms with Crippen molar-refractivity contribution in [2.24, 2.45) is 0 Å². The van der Waals surface area contributed by atoms with Crippen molar-refractivity contribution in [1.82, 2.24) is 24.9 Å². The summed E-state index contributed by atoms with van der Waals surface area (Å²) in [5.74, 6) is 1.04. The lowest BCUT2D eigenvalue weighted by Crippen LogP contribution is -2.28. The third-order valence-electron chi connectivity index (χ3n) is 5.47. The normalized spacial score (nSPS) is 19.5. The molecule has 0 unspecified atom stereocenters. The number of pyridine rings is 3. The highest BCUT2D eigenvalue weighted by Crippen LogP contribution is 2.33. The van der Waals surface area contributed by atoms with E-state index in [0.29, 0.717) is 46.4 Å². The molecule has 1 fully saturated rings. The topological polar surface area (TPSA) is 111 Å². The van der Waals surface area contributed by atoms with Gasteiger partial charge in [-0.05, 0) is 32.4 Å². The fourth-order valence-corrected chi connectivity index (χ4v) is 4.23. The molecule has 0 aliphatic carbocycles. The van der Waals surface area contributed by atoms with Crippen molar-refractivity contribution < 1.29 is 5.11 Å². The van der Waals surface area contributed by atoms with Crippen LogP contribution in [0.3, 0.4) is 0 Å². The molecule has 0 amide bonds. The average molecular weight is 411 g/mol. The number of hydrogen-bond acceptors (Lipinski definition) is 6. The van der Waals surface area contributed by atoms with Gasteiger partial charge in [0.25, 0.3) is 5.56 Å². The summed E-state index contributed by atoms with van der Waals surface area (Å²) in [5.41, 5.74) is 3.03. The molecule has 5 heterocycles. The molecular formula is C20H19ClN6O2. The number of H-pyrrole nitrogens is 2. The van der Waals surface area contributed by atoms with Crippen LogP contribution in [0.4, 0.5) is 5.82 Å². The Morgan fingerprint density at radius 2 is 2.07 bits per heavy atom. The van der Waals surface area contributed by atoms with Crippen LogP contribution in [0, 0.1) is 6.92 Å². The third kappa shape index (κ3) is 2.95. The van der Waals surface area contributed by atoms with E-state index in [9.17, 15) is 9.90 Å². The van der Waals surface area contributed by atoms with Gasteiger partial charge < -0.3 is 20.0 Å². The van der Waals surface area contributed by atoms with Crippen LogP contribution >= 0.6 is 11.6 Å². The Balaban J connectivity index is 1.71. The summed E-state index contributed by atoms with van der Waals surface area (Å²) < 4.78 is 0. The van der Waals surface area contributed by atoms with Gasteiger partial charge in [-0.3, -0.25) is 9.78 Å². The van der Waals surface area contributed by atoms with Gasteiger partial charge in [-0.1, -0.05) is 11.6 Å². The van der Waals surface area contributed by atoms with Gasteiger partial charge in [0.2, 0.25) is 0 Å². The molecule has 148 valence electrons. The zero-order chi connectivity index (χ0) is 20.3. The Hall–Kier alpha value is -2.97. The van der Waals surface area contributed by atoms with E-state index in [2.05, 4.69) is 24.9 Å². The number of aromatic amines is 2. The summed E-state index contributed by atoms with van der Waals surface area (Å²) >= 11 is 6.25. The van der Waals surface area contributed by atoms with Crippen LogP contribution in [0.1, 0.15) is 19.0 Å². The van der Waals surface area contributed by atoms with E-state index >= 15 is 0 Å². The van der Waals surface area contributed by atoms with Gasteiger partial charge >= 0.3 is 0 Å². The number of β-amino-alcohol motifs (C(OH)–C–C–N with tert-alkyl or cyclic N) is 1. The summed E-state index contributed by atoms with van der Waals surface area (Å²) in [5, 5.41) is 11.2. The number of fused-ring (bicyclic) bond motifs is 2. The van der Waals surface area contributed by atoms with Gasteiger partial charge in [-0.25, -0.2) is 9.97 Å². The molecule has 1 saturated heterocycles. The van der Waals surface area contributed by atoms with E-state index in [1.54, 1.807) is 24.4 Å². The highest BCUT2D eigenvalue weighted by Gasteiger charge is 2.31. The van der Waals surface area contributed by atoms with E-state index in [1.807, 2.05) is 18.7 Å². The molecule has 3 N–H and O–H groups in total. The van der Waals surface area contributed by atoms with Gasteiger partial charge in [0.1, 0.15) is 16.5 Å². The Morgan fingerprint density at radius 3 is 2.83 bits per heavy atom. The Kier molecular flexibility index (Phi) is 4.07. The fraction of sp³-hybridized carbons (Fsp3) is 0.300. The van der Waals surface area contributed by atoms with E-state index in [0.717, 1.165) is 16.6 Å². The first-order chi connectivity index (χ1) is 13.9. The number of aliphatic hydroxyl groups excluding tert-OH is 1. The van der Waals surface area contributed by atoms with Crippen molar-refractivity contribution in [2.75, 3.05) is 11.4 Å².